The number of methoxy groups -OCH3 is 2. The fourth-order valence-electron chi connectivity index (χ4n) is 4.30. The molecule has 1 fully saturated rings. The van der Waals surface area contributed by atoms with Gasteiger partial charge in [0.2, 0.25) is 5.91 Å². The number of nitrogens with one attached hydrogen (secondary N) is 1. The molecule has 1 aliphatic rings. The van der Waals surface area contributed by atoms with Crippen LogP contribution in [0.1, 0.15) is 36.3 Å². The number of piperidine rings is 1. The first-order chi connectivity index (χ1) is 14.6. The Morgan fingerprint density at radius 2 is 1.93 bits per heavy atom. The van der Waals surface area contributed by atoms with Crippen molar-refractivity contribution < 1.29 is 14.3 Å². The molecule has 1 amide bonds. The van der Waals surface area contributed by atoms with Gasteiger partial charge < -0.3 is 19.4 Å². The molecule has 6 heteroatoms. The van der Waals surface area contributed by atoms with Gasteiger partial charge in [0.25, 0.3) is 0 Å². The number of halogens is 1. The molecule has 2 aromatic carbocycles. The number of aryl methyl sites for hydroxylation is 1. The van der Waals surface area contributed by atoms with Gasteiger partial charge in [0.15, 0.2) is 0 Å². The number of nitrogens with zero attached hydrogens (tertiary/aromatic N) is 1. The van der Waals surface area contributed by atoms with Crippen LogP contribution in [0.5, 0.6) is 11.5 Å². The normalized spacial score (nSPS) is 14.8. The van der Waals surface area contributed by atoms with E-state index in [0.29, 0.717) is 29.5 Å². The molecule has 158 valence electrons. The highest BCUT2D eigenvalue weighted by atomic mass is 35.5. The Kier molecular flexibility index (Phi) is 6.18. The first kappa shape index (κ1) is 20.6. The minimum Gasteiger partial charge on any atom is -0.497 e. The second kappa shape index (κ2) is 9.00. The molecule has 30 heavy (non-hydrogen) atoms. The highest BCUT2D eigenvalue weighted by molar-refractivity contribution is 6.32. The number of carbonyl (C=O) groups excluding carboxylic acids is 1. The lowest BCUT2D eigenvalue weighted by Crippen LogP contribution is -2.38. The van der Waals surface area contributed by atoms with Gasteiger partial charge in [-0.2, -0.15) is 0 Å². The molecule has 0 saturated carbocycles. The first-order valence-corrected chi connectivity index (χ1v) is 10.7. The molecular formula is C24H27ClN2O3. The van der Waals surface area contributed by atoms with Crippen molar-refractivity contribution in [3.05, 3.63) is 58.7 Å². The fraction of sp³-hybridized carbons (Fsp3) is 0.375. The average Bonchev–Trinajstić information content (AvgIpc) is 3.20. The number of H-pyrrole nitrogens is 1. The van der Waals surface area contributed by atoms with E-state index >= 15 is 0 Å². The molecule has 0 aliphatic carbocycles. The van der Waals surface area contributed by atoms with Gasteiger partial charge in [0.1, 0.15) is 11.5 Å². The van der Waals surface area contributed by atoms with Gasteiger partial charge in [-0.05, 0) is 66.6 Å². The maximum atomic E-state index is 12.7. The molecule has 0 bridgehead atoms. The largest absolute Gasteiger partial charge is 0.497 e. The maximum absolute atomic E-state index is 12.7. The highest BCUT2D eigenvalue weighted by Gasteiger charge is 2.25. The summed E-state index contributed by atoms with van der Waals surface area (Å²) in [5, 5.41) is 1.80. The molecule has 0 unspecified atom stereocenters. The molecule has 1 aliphatic heterocycles. The van der Waals surface area contributed by atoms with Crippen molar-refractivity contribution in [1.82, 2.24) is 9.88 Å². The topological polar surface area (TPSA) is 54.6 Å². The van der Waals surface area contributed by atoms with Crippen LogP contribution in [-0.2, 0) is 11.2 Å². The van der Waals surface area contributed by atoms with Crippen molar-refractivity contribution in [3.63, 3.8) is 0 Å². The Morgan fingerprint density at radius 1 is 1.13 bits per heavy atom. The SMILES string of the molecule is COc1ccc2[nH]cc(C3CCN(C(=O)CCc4ccc(OC)c(Cl)c4)CC3)c2c1. The minimum atomic E-state index is 0.209. The van der Waals surface area contributed by atoms with Crippen LogP contribution in [0.3, 0.4) is 0 Å². The van der Waals surface area contributed by atoms with E-state index in [1.54, 1.807) is 14.2 Å². The number of rotatable bonds is 6. The van der Waals surface area contributed by atoms with Gasteiger partial charge in [0.05, 0.1) is 19.2 Å². The van der Waals surface area contributed by atoms with Crippen molar-refractivity contribution in [3.8, 4) is 11.5 Å². The quantitative estimate of drug-likeness (QED) is 0.591. The zero-order chi connectivity index (χ0) is 21.1. The number of likely N-dealkylation sites (tertiary alicyclic amines) is 1. The molecular weight excluding hydrogens is 400 g/mol. The van der Waals surface area contributed by atoms with E-state index in [2.05, 4.69) is 23.3 Å². The van der Waals surface area contributed by atoms with E-state index in [-0.39, 0.29) is 5.91 Å². The van der Waals surface area contributed by atoms with E-state index in [9.17, 15) is 4.79 Å². The molecule has 1 aromatic heterocycles. The number of carbonyl (C=O) groups is 1. The molecule has 0 atom stereocenters. The monoisotopic (exact) mass is 426 g/mol. The van der Waals surface area contributed by atoms with Crippen molar-refractivity contribution in [2.45, 2.75) is 31.6 Å². The summed E-state index contributed by atoms with van der Waals surface area (Å²) in [5.74, 6) is 2.19. The van der Waals surface area contributed by atoms with Crippen molar-refractivity contribution in [2.24, 2.45) is 0 Å². The number of fused-ring (bicyclic) bond motifs is 1. The molecule has 0 spiro atoms. The Labute approximate surface area is 181 Å². The molecule has 1 N–H and O–H groups in total. The Hall–Kier alpha value is -2.66. The molecule has 2 heterocycles. The molecule has 0 radical (unpaired) electrons. The van der Waals surface area contributed by atoms with Gasteiger partial charge in [0, 0.05) is 36.6 Å². The summed E-state index contributed by atoms with van der Waals surface area (Å²) in [6, 6.07) is 11.8. The van der Waals surface area contributed by atoms with Gasteiger partial charge in [-0.1, -0.05) is 17.7 Å². The predicted molar refractivity (Wildman–Crippen MR) is 120 cm³/mol. The highest BCUT2D eigenvalue weighted by Crippen LogP contribution is 2.35. The average molecular weight is 427 g/mol. The maximum Gasteiger partial charge on any atom is 0.222 e. The second-order valence-electron chi connectivity index (χ2n) is 7.78. The lowest BCUT2D eigenvalue weighted by atomic mass is 9.89. The van der Waals surface area contributed by atoms with Crippen LogP contribution in [0.2, 0.25) is 5.02 Å². The van der Waals surface area contributed by atoms with Gasteiger partial charge in [-0.15, -0.1) is 0 Å². The van der Waals surface area contributed by atoms with Crippen LogP contribution >= 0.6 is 11.6 Å². The Balaban J connectivity index is 1.34. The van der Waals surface area contributed by atoms with E-state index < -0.39 is 0 Å². The van der Waals surface area contributed by atoms with Crippen LogP contribution in [0.4, 0.5) is 0 Å². The standard InChI is InChI=1S/C24H27ClN2O3/c1-29-18-5-6-22-19(14-18)20(15-26-22)17-9-11-27(12-10-17)24(28)8-4-16-3-7-23(30-2)21(25)13-16/h3,5-7,13-15,17,26H,4,8-12H2,1-2H3. The van der Waals surface area contributed by atoms with Crippen LogP contribution in [0.15, 0.2) is 42.6 Å². The van der Waals surface area contributed by atoms with Crippen LogP contribution < -0.4 is 9.47 Å². The number of amides is 1. The van der Waals surface area contributed by atoms with Crippen molar-refractivity contribution >= 4 is 28.4 Å². The van der Waals surface area contributed by atoms with Crippen molar-refractivity contribution in [2.75, 3.05) is 27.3 Å². The first-order valence-electron chi connectivity index (χ1n) is 10.3. The van der Waals surface area contributed by atoms with E-state index in [1.807, 2.05) is 29.2 Å². The van der Waals surface area contributed by atoms with Crippen LogP contribution in [-0.4, -0.2) is 43.1 Å². The van der Waals surface area contributed by atoms with E-state index in [4.69, 9.17) is 21.1 Å². The van der Waals surface area contributed by atoms with E-state index in [0.717, 1.165) is 42.8 Å². The summed E-state index contributed by atoms with van der Waals surface area (Å²) in [4.78, 5) is 18.1. The Morgan fingerprint density at radius 3 is 2.63 bits per heavy atom. The van der Waals surface area contributed by atoms with Gasteiger partial charge in [-0.25, -0.2) is 0 Å². The van der Waals surface area contributed by atoms with Crippen molar-refractivity contribution in [1.29, 1.82) is 0 Å². The zero-order valence-corrected chi connectivity index (χ0v) is 18.2. The summed E-state index contributed by atoms with van der Waals surface area (Å²) < 4.78 is 10.6. The molecule has 3 aromatic rings. The number of aromatic amines is 1. The lowest BCUT2D eigenvalue weighted by Gasteiger charge is -2.32. The van der Waals surface area contributed by atoms with Crippen LogP contribution in [0.25, 0.3) is 10.9 Å². The number of hydrogen-bond donors (Lipinski definition) is 1. The van der Waals surface area contributed by atoms with Gasteiger partial charge >= 0.3 is 0 Å². The second-order valence-corrected chi connectivity index (χ2v) is 8.19. The summed E-state index contributed by atoms with van der Waals surface area (Å²) in [6.45, 7) is 1.59. The number of aromatic nitrogens is 1. The third-order valence-corrected chi connectivity index (χ3v) is 6.35. The minimum absolute atomic E-state index is 0.209. The summed E-state index contributed by atoms with van der Waals surface area (Å²) in [7, 11) is 3.29. The molecule has 4 rings (SSSR count). The third-order valence-electron chi connectivity index (χ3n) is 6.05. The molecule has 5 nitrogen and oxygen atoms in total. The summed E-state index contributed by atoms with van der Waals surface area (Å²) >= 11 is 6.19. The number of ether oxygens (including phenoxy) is 2. The predicted octanol–water partition coefficient (Wildman–Crippen LogP) is 5.18. The van der Waals surface area contributed by atoms with E-state index in [1.165, 1.54) is 10.9 Å². The van der Waals surface area contributed by atoms with Gasteiger partial charge in [-0.3, -0.25) is 4.79 Å². The van der Waals surface area contributed by atoms with Crippen LogP contribution in [0, 0.1) is 0 Å². The number of benzene rings is 2. The third kappa shape index (κ3) is 4.26. The summed E-state index contributed by atoms with van der Waals surface area (Å²) in [5.41, 5.74) is 3.50. The summed E-state index contributed by atoms with van der Waals surface area (Å²) in [6.07, 6.45) is 5.25. The Bertz CT molecular complexity index is 1040. The fourth-order valence-corrected chi connectivity index (χ4v) is 4.58. The number of hydrogen-bond acceptors (Lipinski definition) is 3. The zero-order valence-electron chi connectivity index (χ0n) is 17.4. The molecule has 1 saturated heterocycles. The lowest BCUT2D eigenvalue weighted by molar-refractivity contribution is -0.132. The smallest absolute Gasteiger partial charge is 0.222 e.